The first-order valence-corrected chi connectivity index (χ1v) is 4.85. The second kappa shape index (κ2) is 5.80. The average Bonchev–Trinajstić information content (AvgIpc) is 2.20. The number of nitrogens with zero attached hydrogens (tertiary/aromatic N) is 2. The summed E-state index contributed by atoms with van der Waals surface area (Å²) >= 11 is 0. The van der Waals surface area contributed by atoms with Crippen molar-refractivity contribution < 1.29 is 0 Å². The van der Waals surface area contributed by atoms with Crippen molar-refractivity contribution in [2.75, 3.05) is 0 Å². The Morgan fingerprint density at radius 1 is 1.33 bits per heavy atom. The molecule has 0 saturated heterocycles. The maximum atomic E-state index is 5.12. The summed E-state index contributed by atoms with van der Waals surface area (Å²) < 4.78 is 0. The fourth-order valence-corrected chi connectivity index (χ4v) is 1.28. The van der Waals surface area contributed by atoms with E-state index < -0.39 is 0 Å². The van der Waals surface area contributed by atoms with Crippen LogP contribution in [0.15, 0.2) is 34.5 Å². The van der Waals surface area contributed by atoms with Crippen molar-refractivity contribution >= 4 is 12.2 Å². The van der Waals surface area contributed by atoms with Crippen molar-refractivity contribution in [3.63, 3.8) is 0 Å². The normalized spacial score (nSPS) is 10.5. The highest BCUT2D eigenvalue weighted by Gasteiger charge is 1.94. The monoisotopic (exact) mass is 204 g/mol. The van der Waals surface area contributed by atoms with E-state index in [0.29, 0.717) is 0 Å². The van der Waals surface area contributed by atoms with Gasteiger partial charge in [0.1, 0.15) is 0 Å². The van der Waals surface area contributed by atoms with Crippen molar-refractivity contribution in [2.24, 2.45) is 21.7 Å². The first-order chi connectivity index (χ1) is 7.20. The number of rotatable bonds is 4. The summed E-state index contributed by atoms with van der Waals surface area (Å²) in [6, 6.07) is 8.29. The zero-order valence-corrected chi connectivity index (χ0v) is 8.85. The van der Waals surface area contributed by atoms with Gasteiger partial charge in [0.15, 0.2) is 0 Å². The van der Waals surface area contributed by atoms with Gasteiger partial charge in [-0.25, -0.2) is 0 Å². The molecule has 0 bridgehead atoms. The lowest BCUT2D eigenvalue weighted by molar-refractivity contribution is 1.03. The number of hydrogen-bond donors (Lipinski definition) is 2. The van der Waals surface area contributed by atoms with Gasteiger partial charge in [0.25, 0.3) is 0 Å². The van der Waals surface area contributed by atoms with E-state index >= 15 is 0 Å². The topological polar surface area (TPSA) is 76.8 Å². The molecule has 0 radical (unpaired) electrons. The Kier molecular flexibility index (Phi) is 4.34. The Morgan fingerprint density at radius 2 is 2.07 bits per heavy atom. The van der Waals surface area contributed by atoms with E-state index in [-0.39, 0.29) is 5.96 Å². The second-order valence-corrected chi connectivity index (χ2v) is 3.29. The summed E-state index contributed by atoms with van der Waals surface area (Å²) in [7, 11) is 0. The van der Waals surface area contributed by atoms with Crippen LogP contribution in [0, 0.1) is 6.92 Å². The van der Waals surface area contributed by atoms with E-state index in [4.69, 9.17) is 11.5 Å². The number of nitrogens with two attached hydrogens (primary N) is 2. The van der Waals surface area contributed by atoms with Crippen molar-refractivity contribution in [3.05, 3.63) is 35.4 Å². The molecule has 0 amide bonds. The Balaban J connectivity index is 2.42. The number of benzene rings is 1. The van der Waals surface area contributed by atoms with Crippen LogP contribution in [0.5, 0.6) is 0 Å². The number of hydrogen-bond acceptors (Lipinski definition) is 2. The molecule has 0 aliphatic heterocycles. The molecule has 0 atom stereocenters. The zero-order valence-electron chi connectivity index (χ0n) is 8.85. The lowest BCUT2D eigenvalue weighted by atomic mass is 10.0. The minimum absolute atomic E-state index is 0.0119. The van der Waals surface area contributed by atoms with Crippen LogP contribution in [0.25, 0.3) is 0 Å². The molecule has 0 heterocycles. The van der Waals surface area contributed by atoms with Gasteiger partial charge in [-0.05, 0) is 30.9 Å². The van der Waals surface area contributed by atoms with Gasteiger partial charge in [-0.15, -0.1) is 5.10 Å². The van der Waals surface area contributed by atoms with Gasteiger partial charge in [-0.3, -0.25) is 0 Å². The van der Waals surface area contributed by atoms with Crippen molar-refractivity contribution in [1.82, 2.24) is 0 Å². The molecule has 80 valence electrons. The molecular weight excluding hydrogens is 188 g/mol. The molecule has 1 aromatic carbocycles. The summed E-state index contributed by atoms with van der Waals surface area (Å²) in [6.45, 7) is 2.10. The molecule has 4 nitrogen and oxygen atoms in total. The molecule has 4 heteroatoms. The Hall–Kier alpha value is -1.84. The van der Waals surface area contributed by atoms with Crippen LogP contribution in [-0.2, 0) is 6.42 Å². The maximum absolute atomic E-state index is 5.12. The van der Waals surface area contributed by atoms with Gasteiger partial charge in [0.2, 0.25) is 5.96 Å². The standard InChI is InChI=1S/C11H16N4/c1-9-5-2-3-6-10(9)7-4-8-14-15-11(12)13/h2-3,5-6,8H,4,7H2,1H3,(H4,12,13,15). The minimum atomic E-state index is -0.0119. The zero-order chi connectivity index (χ0) is 11.1. The summed E-state index contributed by atoms with van der Waals surface area (Å²) in [5, 5.41) is 7.25. The molecule has 1 aromatic rings. The molecule has 0 unspecified atom stereocenters. The van der Waals surface area contributed by atoms with Crippen LogP contribution in [0.2, 0.25) is 0 Å². The fraction of sp³-hybridized carbons (Fsp3) is 0.273. The smallest absolute Gasteiger partial charge is 0.211 e. The molecule has 0 aliphatic rings. The maximum Gasteiger partial charge on any atom is 0.211 e. The van der Waals surface area contributed by atoms with E-state index in [1.807, 2.05) is 12.1 Å². The SMILES string of the molecule is Cc1ccccc1CCC=NN=C(N)N. The van der Waals surface area contributed by atoms with Gasteiger partial charge >= 0.3 is 0 Å². The van der Waals surface area contributed by atoms with Gasteiger partial charge in [-0.1, -0.05) is 24.3 Å². The fourth-order valence-electron chi connectivity index (χ4n) is 1.28. The highest BCUT2D eigenvalue weighted by Crippen LogP contribution is 2.08. The third kappa shape index (κ3) is 4.26. The van der Waals surface area contributed by atoms with E-state index in [1.165, 1.54) is 11.1 Å². The van der Waals surface area contributed by atoms with Gasteiger partial charge in [0.05, 0.1) is 0 Å². The summed E-state index contributed by atoms with van der Waals surface area (Å²) in [6.07, 6.45) is 3.50. The van der Waals surface area contributed by atoms with Crippen molar-refractivity contribution in [1.29, 1.82) is 0 Å². The van der Waals surface area contributed by atoms with Crippen molar-refractivity contribution in [2.45, 2.75) is 19.8 Å². The molecule has 0 aromatic heterocycles. The number of aryl methyl sites for hydroxylation is 2. The van der Waals surface area contributed by atoms with Crippen LogP contribution in [0.3, 0.4) is 0 Å². The first kappa shape index (κ1) is 11.2. The van der Waals surface area contributed by atoms with Crippen LogP contribution in [-0.4, -0.2) is 12.2 Å². The Morgan fingerprint density at radius 3 is 2.73 bits per heavy atom. The lowest BCUT2D eigenvalue weighted by Gasteiger charge is -2.01. The Bertz CT molecular complexity index is 365. The van der Waals surface area contributed by atoms with Crippen LogP contribution in [0.4, 0.5) is 0 Å². The summed E-state index contributed by atoms with van der Waals surface area (Å²) in [4.78, 5) is 0. The third-order valence-electron chi connectivity index (χ3n) is 2.06. The molecule has 1 rings (SSSR count). The van der Waals surface area contributed by atoms with Crippen LogP contribution in [0.1, 0.15) is 17.5 Å². The predicted molar refractivity (Wildman–Crippen MR) is 63.8 cm³/mol. The van der Waals surface area contributed by atoms with E-state index in [9.17, 15) is 0 Å². The predicted octanol–water partition coefficient (Wildman–Crippen LogP) is 1.19. The van der Waals surface area contributed by atoms with Gasteiger partial charge < -0.3 is 11.5 Å². The molecule has 15 heavy (non-hydrogen) atoms. The second-order valence-electron chi connectivity index (χ2n) is 3.29. The quantitative estimate of drug-likeness (QED) is 0.439. The van der Waals surface area contributed by atoms with Crippen LogP contribution < -0.4 is 11.5 Å². The minimum Gasteiger partial charge on any atom is -0.369 e. The molecule has 4 N–H and O–H groups in total. The van der Waals surface area contributed by atoms with E-state index in [0.717, 1.165) is 12.8 Å². The highest BCUT2D eigenvalue weighted by molar-refractivity contribution is 5.76. The number of guanidine groups is 1. The average molecular weight is 204 g/mol. The molecule has 0 saturated carbocycles. The lowest BCUT2D eigenvalue weighted by Crippen LogP contribution is -2.21. The largest absolute Gasteiger partial charge is 0.369 e. The Labute approximate surface area is 89.7 Å². The van der Waals surface area contributed by atoms with Crippen LogP contribution >= 0.6 is 0 Å². The molecule has 0 spiro atoms. The molecule has 0 aliphatic carbocycles. The van der Waals surface area contributed by atoms with Gasteiger partial charge in [-0.2, -0.15) is 5.10 Å². The van der Waals surface area contributed by atoms with Crippen molar-refractivity contribution in [3.8, 4) is 0 Å². The summed E-state index contributed by atoms with van der Waals surface area (Å²) in [5.41, 5.74) is 12.9. The third-order valence-corrected chi connectivity index (χ3v) is 2.06. The first-order valence-electron chi connectivity index (χ1n) is 4.85. The molecule has 0 fully saturated rings. The van der Waals surface area contributed by atoms with E-state index in [2.05, 4.69) is 29.3 Å². The highest BCUT2D eigenvalue weighted by atomic mass is 15.3. The van der Waals surface area contributed by atoms with E-state index in [1.54, 1.807) is 6.21 Å². The summed E-state index contributed by atoms with van der Waals surface area (Å²) in [5.74, 6) is -0.0119. The van der Waals surface area contributed by atoms with Gasteiger partial charge in [0, 0.05) is 6.21 Å². The molecular formula is C11H16N4.